The summed E-state index contributed by atoms with van der Waals surface area (Å²) in [4.78, 5) is 0. The highest BCUT2D eigenvalue weighted by Crippen LogP contribution is 2.16. The number of nitrogens with zero attached hydrogens (tertiary/aromatic N) is 2. The third-order valence-corrected chi connectivity index (χ3v) is 3.22. The lowest BCUT2D eigenvalue weighted by Crippen LogP contribution is -2.04. The minimum absolute atomic E-state index is 0.743. The Kier molecular flexibility index (Phi) is 5.62. The van der Waals surface area contributed by atoms with Gasteiger partial charge in [0.25, 0.3) is 0 Å². The number of rotatable bonds is 8. The zero-order chi connectivity index (χ0) is 14.2. The highest BCUT2D eigenvalue weighted by molar-refractivity contribution is 5.51. The lowest BCUT2D eigenvalue weighted by atomic mass is 10.1. The van der Waals surface area contributed by atoms with Crippen LogP contribution in [0.4, 0.5) is 5.69 Å². The van der Waals surface area contributed by atoms with Crippen molar-refractivity contribution >= 4 is 5.69 Å². The maximum Gasteiger partial charge on any atom is 0.0539 e. The molecule has 2 aromatic rings. The standard InChI is InChI=1S/C16H23N3O/c1-3-9-19-13-14(12-18-19)11-17-16-7-5-4-6-15(16)8-10-20-2/h4-7,12-13,17H,3,8-11H2,1-2H3. The van der Waals surface area contributed by atoms with Crippen LogP contribution in [0.25, 0.3) is 0 Å². The topological polar surface area (TPSA) is 39.1 Å². The fraction of sp³-hybridized carbons (Fsp3) is 0.438. The van der Waals surface area contributed by atoms with Gasteiger partial charge in [0.2, 0.25) is 0 Å². The van der Waals surface area contributed by atoms with Crippen molar-refractivity contribution in [3.05, 3.63) is 47.8 Å². The van der Waals surface area contributed by atoms with Crippen molar-refractivity contribution in [1.82, 2.24) is 9.78 Å². The molecule has 0 amide bonds. The SMILES string of the molecule is CCCn1cc(CNc2ccccc2CCOC)cn1. The van der Waals surface area contributed by atoms with Gasteiger partial charge in [-0.05, 0) is 24.5 Å². The molecule has 0 unspecified atom stereocenters. The van der Waals surface area contributed by atoms with Crippen molar-refractivity contribution in [2.24, 2.45) is 0 Å². The first-order valence-electron chi connectivity index (χ1n) is 7.15. The number of hydrogen-bond donors (Lipinski definition) is 1. The minimum atomic E-state index is 0.743. The number of methoxy groups -OCH3 is 1. The van der Waals surface area contributed by atoms with Crippen LogP contribution in [0.1, 0.15) is 24.5 Å². The van der Waals surface area contributed by atoms with Gasteiger partial charge >= 0.3 is 0 Å². The highest BCUT2D eigenvalue weighted by atomic mass is 16.5. The summed E-state index contributed by atoms with van der Waals surface area (Å²) in [5.74, 6) is 0. The van der Waals surface area contributed by atoms with Crippen molar-refractivity contribution in [3.8, 4) is 0 Å². The molecular weight excluding hydrogens is 250 g/mol. The Balaban J connectivity index is 1.95. The molecule has 0 saturated carbocycles. The fourth-order valence-electron chi connectivity index (χ4n) is 2.17. The minimum Gasteiger partial charge on any atom is -0.384 e. The van der Waals surface area contributed by atoms with Gasteiger partial charge in [0.1, 0.15) is 0 Å². The molecule has 1 heterocycles. The molecule has 0 aliphatic carbocycles. The third-order valence-electron chi connectivity index (χ3n) is 3.22. The van der Waals surface area contributed by atoms with Crippen LogP contribution < -0.4 is 5.32 Å². The van der Waals surface area contributed by atoms with E-state index < -0.39 is 0 Å². The molecule has 0 radical (unpaired) electrons. The first-order chi connectivity index (χ1) is 9.83. The lowest BCUT2D eigenvalue weighted by molar-refractivity contribution is 0.202. The molecule has 0 spiro atoms. The van der Waals surface area contributed by atoms with Gasteiger partial charge < -0.3 is 10.1 Å². The Morgan fingerprint density at radius 2 is 2.15 bits per heavy atom. The predicted octanol–water partition coefficient (Wildman–Crippen LogP) is 3.09. The molecule has 20 heavy (non-hydrogen) atoms. The van der Waals surface area contributed by atoms with Gasteiger partial charge in [0, 0.05) is 37.6 Å². The van der Waals surface area contributed by atoms with Gasteiger partial charge in [0.15, 0.2) is 0 Å². The maximum atomic E-state index is 5.15. The molecular formula is C16H23N3O. The monoisotopic (exact) mass is 273 g/mol. The number of ether oxygens (including phenoxy) is 1. The van der Waals surface area contributed by atoms with E-state index in [0.717, 1.165) is 32.5 Å². The van der Waals surface area contributed by atoms with E-state index in [9.17, 15) is 0 Å². The number of benzene rings is 1. The van der Waals surface area contributed by atoms with E-state index in [1.54, 1.807) is 7.11 Å². The van der Waals surface area contributed by atoms with E-state index >= 15 is 0 Å². The average Bonchev–Trinajstić information content (AvgIpc) is 2.92. The summed E-state index contributed by atoms with van der Waals surface area (Å²) in [5, 5.41) is 7.83. The Hall–Kier alpha value is -1.81. The summed E-state index contributed by atoms with van der Waals surface area (Å²) < 4.78 is 7.15. The molecule has 0 aliphatic heterocycles. The van der Waals surface area contributed by atoms with Crippen molar-refractivity contribution in [1.29, 1.82) is 0 Å². The quantitative estimate of drug-likeness (QED) is 0.803. The van der Waals surface area contributed by atoms with Crippen molar-refractivity contribution < 1.29 is 4.74 Å². The molecule has 0 atom stereocenters. The molecule has 0 aliphatic rings. The summed E-state index contributed by atoms with van der Waals surface area (Å²) in [5.41, 5.74) is 3.67. The van der Waals surface area contributed by atoms with Crippen LogP contribution in [-0.4, -0.2) is 23.5 Å². The number of aromatic nitrogens is 2. The number of para-hydroxylation sites is 1. The van der Waals surface area contributed by atoms with E-state index in [4.69, 9.17) is 4.74 Å². The second-order valence-electron chi connectivity index (χ2n) is 4.87. The largest absolute Gasteiger partial charge is 0.384 e. The van der Waals surface area contributed by atoms with Gasteiger partial charge in [0.05, 0.1) is 12.8 Å². The van der Waals surface area contributed by atoms with Crippen molar-refractivity contribution in [3.63, 3.8) is 0 Å². The molecule has 4 heteroatoms. The number of nitrogens with one attached hydrogen (secondary N) is 1. The van der Waals surface area contributed by atoms with Crippen molar-refractivity contribution in [2.45, 2.75) is 32.9 Å². The second kappa shape index (κ2) is 7.70. The van der Waals surface area contributed by atoms with E-state index in [0.29, 0.717) is 0 Å². The second-order valence-corrected chi connectivity index (χ2v) is 4.87. The molecule has 2 rings (SSSR count). The van der Waals surface area contributed by atoms with Gasteiger partial charge in [-0.1, -0.05) is 25.1 Å². The third kappa shape index (κ3) is 4.10. The fourth-order valence-corrected chi connectivity index (χ4v) is 2.17. The zero-order valence-electron chi connectivity index (χ0n) is 12.3. The predicted molar refractivity (Wildman–Crippen MR) is 81.9 cm³/mol. The first kappa shape index (κ1) is 14.6. The number of anilines is 1. The summed E-state index contributed by atoms with van der Waals surface area (Å²) in [6.07, 6.45) is 6.07. The summed E-state index contributed by atoms with van der Waals surface area (Å²) >= 11 is 0. The summed E-state index contributed by atoms with van der Waals surface area (Å²) in [6, 6.07) is 8.37. The van der Waals surface area contributed by atoms with Crippen LogP contribution in [-0.2, 0) is 24.2 Å². The van der Waals surface area contributed by atoms with Crippen LogP contribution >= 0.6 is 0 Å². The smallest absolute Gasteiger partial charge is 0.0539 e. The molecule has 1 aromatic carbocycles. The Morgan fingerprint density at radius 3 is 2.95 bits per heavy atom. The van der Waals surface area contributed by atoms with Crippen molar-refractivity contribution in [2.75, 3.05) is 19.0 Å². The van der Waals surface area contributed by atoms with Crippen LogP contribution in [0.2, 0.25) is 0 Å². The van der Waals surface area contributed by atoms with E-state index in [2.05, 4.69) is 47.8 Å². The normalized spacial score (nSPS) is 10.7. The molecule has 0 bridgehead atoms. The molecule has 0 fully saturated rings. The van der Waals surface area contributed by atoms with Crippen LogP contribution in [0.5, 0.6) is 0 Å². The molecule has 1 aromatic heterocycles. The van der Waals surface area contributed by atoms with Gasteiger partial charge in [-0.2, -0.15) is 5.10 Å². The van der Waals surface area contributed by atoms with Crippen LogP contribution in [0.15, 0.2) is 36.7 Å². The Bertz CT molecular complexity index is 522. The van der Waals surface area contributed by atoms with E-state index in [1.165, 1.54) is 16.8 Å². The van der Waals surface area contributed by atoms with E-state index in [1.807, 2.05) is 10.9 Å². The van der Waals surface area contributed by atoms with E-state index in [-0.39, 0.29) is 0 Å². The molecule has 1 N–H and O–H groups in total. The van der Waals surface area contributed by atoms with Gasteiger partial charge in [-0.15, -0.1) is 0 Å². The summed E-state index contributed by atoms with van der Waals surface area (Å²) in [6.45, 7) is 4.68. The Morgan fingerprint density at radius 1 is 1.30 bits per heavy atom. The summed E-state index contributed by atoms with van der Waals surface area (Å²) in [7, 11) is 1.73. The number of hydrogen-bond acceptors (Lipinski definition) is 3. The lowest BCUT2D eigenvalue weighted by Gasteiger charge is -2.11. The maximum absolute atomic E-state index is 5.15. The molecule has 0 saturated heterocycles. The number of aryl methyl sites for hydroxylation is 1. The molecule has 108 valence electrons. The van der Waals surface area contributed by atoms with Crippen LogP contribution in [0.3, 0.4) is 0 Å². The zero-order valence-corrected chi connectivity index (χ0v) is 12.3. The highest BCUT2D eigenvalue weighted by Gasteiger charge is 2.03. The molecule has 4 nitrogen and oxygen atoms in total. The van der Waals surface area contributed by atoms with Crippen LogP contribution in [0, 0.1) is 0 Å². The first-order valence-corrected chi connectivity index (χ1v) is 7.15. The van der Waals surface area contributed by atoms with Gasteiger partial charge in [-0.3, -0.25) is 4.68 Å². The Labute approximate surface area is 120 Å². The average molecular weight is 273 g/mol. The van der Waals surface area contributed by atoms with Gasteiger partial charge in [-0.25, -0.2) is 0 Å².